The summed E-state index contributed by atoms with van der Waals surface area (Å²) in [6.45, 7) is 7.56. The van der Waals surface area contributed by atoms with Gasteiger partial charge in [0.2, 0.25) is 11.9 Å². The molecule has 5 fully saturated rings. The number of nitrogen functional groups attached to an aromatic ring is 1. The van der Waals surface area contributed by atoms with E-state index in [4.69, 9.17) is 22.3 Å². The lowest BCUT2D eigenvalue weighted by molar-refractivity contribution is -0.129. The molecule has 5 aromatic rings. The molecule has 4 amide bonds. The number of halogens is 2. The predicted molar refractivity (Wildman–Crippen MR) is 240 cm³/mol. The zero-order valence-corrected chi connectivity index (χ0v) is 36.3. The molecule has 6 aliphatic heterocycles. The SMILES string of the molecule is Nc1nccn2c(N3CCC4(CC3)CN(C3CCN(C5CN(c6ccc7c(c6)C(=O)N(C6CCC(=O)NC6O)C7=O)C5)CC3)C4)nc(-c3ccc(C(=O)Nc4cc(Cl)ccn4)cc3F)c12. The minimum absolute atomic E-state index is 0.119. The van der Waals surface area contributed by atoms with Crippen molar-refractivity contribution in [3.05, 3.63) is 94.7 Å². The number of piperidine rings is 3. The van der Waals surface area contributed by atoms with Gasteiger partial charge in [0, 0.05) is 111 Å². The van der Waals surface area contributed by atoms with Crippen LogP contribution in [0.4, 0.5) is 27.7 Å². The van der Waals surface area contributed by atoms with Crippen LogP contribution >= 0.6 is 11.6 Å². The molecule has 9 heterocycles. The van der Waals surface area contributed by atoms with Crippen molar-refractivity contribution in [1.29, 1.82) is 0 Å². The van der Waals surface area contributed by atoms with E-state index in [0.717, 1.165) is 88.6 Å². The largest absolute Gasteiger partial charge is 0.382 e. The average molecular weight is 903 g/mol. The average Bonchev–Trinajstić information content (AvgIpc) is 3.77. The van der Waals surface area contributed by atoms with Crippen LogP contribution in [0.1, 0.15) is 69.6 Å². The number of benzene rings is 2. The van der Waals surface area contributed by atoms with E-state index in [1.165, 1.54) is 18.3 Å². The van der Waals surface area contributed by atoms with Crippen LogP contribution in [0.5, 0.6) is 0 Å². The lowest BCUT2D eigenvalue weighted by atomic mass is 9.71. The zero-order valence-electron chi connectivity index (χ0n) is 35.5. The van der Waals surface area contributed by atoms with E-state index < -0.39 is 35.8 Å². The number of rotatable bonds is 8. The van der Waals surface area contributed by atoms with E-state index in [1.807, 2.05) is 10.5 Å². The van der Waals surface area contributed by atoms with Gasteiger partial charge in [-0.2, -0.15) is 0 Å². The van der Waals surface area contributed by atoms with E-state index in [0.29, 0.717) is 45.4 Å². The van der Waals surface area contributed by atoms with E-state index in [-0.39, 0.29) is 46.9 Å². The summed E-state index contributed by atoms with van der Waals surface area (Å²) >= 11 is 6.03. The Balaban J connectivity index is 0.673. The van der Waals surface area contributed by atoms with Gasteiger partial charge < -0.3 is 31.3 Å². The summed E-state index contributed by atoms with van der Waals surface area (Å²) in [5.41, 5.74) is 9.46. The first-order valence-electron chi connectivity index (χ1n) is 22.2. The fourth-order valence-corrected chi connectivity index (χ4v) is 11.0. The lowest BCUT2D eigenvalue weighted by Gasteiger charge is -2.58. The number of imide groups is 1. The number of nitrogens with one attached hydrogen (secondary N) is 2. The molecule has 336 valence electrons. The molecule has 0 saturated carbocycles. The van der Waals surface area contributed by atoms with Gasteiger partial charge in [0.15, 0.2) is 0 Å². The van der Waals surface area contributed by atoms with Crippen molar-refractivity contribution in [2.75, 3.05) is 73.2 Å². The minimum Gasteiger partial charge on any atom is -0.382 e. The van der Waals surface area contributed by atoms with Crippen LogP contribution in [0.2, 0.25) is 5.02 Å². The molecule has 0 aliphatic carbocycles. The number of aliphatic hydroxyl groups is 1. The molecule has 0 radical (unpaired) electrons. The lowest BCUT2D eigenvalue weighted by Crippen LogP contribution is -2.66. The zero-order chi connectivity index (χ0) is 44.7. The summed E-state index contributed by atoms with van der Waals surface area (Å²) in [5, 5.41) is 15.9. The highest BCUT2D eigenvalue weighted by atomic mass is 35.5. The van der Waals surface area contributed by atoms with Gasteiger partial charge in [-0.3, -0.25) is 38.3 Å². The van der Waals surface area contributed by atoms with Crippen molar-refractivity contribution >= 4 is 64.0 Å². The maximum atomic E-state index is 15.9. The standard InChI is InChI=1S/C46H48ClFN12O5/c47-27-7-12-50-36(20-27)52-41(62)26-1-3-32(34(48)19-26)38-39-40(49)51-13-18-59(39)45(54-38)56-16-10-46(11-17-56)24-58(25-46)28-8-14-55(15-9-28)30-22-57(23-30)29-2-4-31-33(21-29)44(65)60(43(31)64)35-5-6-37(61)53-42(35)63/h1-4,7,12-13,18-21,28,30,35,42,63H,5-6,8-11,14-17,22-25H2,(H2,49,51)(H,53,61)(H,50,52,62). The molecule has 1 spiro atoms. The normalized spacial score (nSPS) is 22.9. The van der Waals surface area contributed by atoms with Crippen LogP contribution in [0.3, 0.4) is 0 Å². The van der Waals surface area contributed by atoms with E-state index in [1.54, 1.807) is 42.7 Å². The first-order valence-corrected chi connectivity index (χ1v) is 22.6. The van der Waals surface area contributed by atoms with Crippen LogP contribution in [-0.4, -0.2) is 139 Å². The third kappa shape index (κ3) is 7.32. The van der Waals surface area contributed by atoms with Gasteiger partial charge in [0.1, 0.15) is 34.9 Å². The van der Waals surface area contributed by atoms with Crippen LogP contribution in [0, 0.1) is 11.2 Å². The van der Waals surface area contributed by atoms with Crippen molar-refractivity contribution in [3.8, 4) is 11.3 Å². The van der Waals surface area contributed by atoms with Gasteiger partial charge in [-0.05, 0) is 86.1 Å². The van der Waals surface area contributed by atoms with Crippen molar-refractivity contribution in [2.24, 2.45) is 5.41 Å². The number of imidazole rings is 1. The second kappa shape index (κ2) is 16.0. The van der Waals surface area contributed by atoms with E-state index in [2.05, 4.69) is 40.2 Å². The number of likely N-dealkylation sites (tertiary alicyclic amines) is 2. The molecule has 5 N–H and O–H groups in total. The van der Waals surface area contributed by atoms with E-state index in [9.17, 15) is 24.3 Å². The van der Waals surface area contributed by atoms with Gasteiger partial charge in [-0.15, -0.1) is 0 Å². The molecular formula is C46H48ClFN12O5. The van der Waals surface area contributed by atoms with Crippen LogP contribution in [-0.2, 0) is 4.79 Å². The first kappa shape index (κ1) is 41.5. The van der Waals surface area contributed by atoms with Gasteiger partial charge >= 0.3 is 0 Å². The van der Waals surface area contributed by atoms with Crippen molar-refractivity contribution in [2.45, 2.75) is 62.9 Å². The molecule has 2 unspecified atom stereocenters. The smallest absolute Gasteiger partial charge is 0.262 e. The van der Waals surface area contributed by atoms with Crippen molar-refractivity contribution in [3.63, 3.8) is 0 Å². The number of nitrogens with zero attached hydrogens (tertiary/aromatic N) is 9. The second-order valence-electron chi connectivity index (χ2n) is 18.3. The quantitative estimate of drug-likeness (QED) is 0.164. The summed E-state index contributed by atoms with van der Waals surface area (Å²) in [6, 6.07) is 13.0. The van der Waals surface area contributed by atoms with Crippen LogP contribution < -0.4 is 26.2 Å². The summed E-state index contributed by atoms with van der Waals surface area (Å²) in [7, 11) is 0. The van der Waals surface area contributed by atoms with Gasteiger partial charge in [0.05, 0.1) is 17.2 Å². The number of amides is 4. The summed E-state index contributed by atoms with van der Waals surface area (Å²) in [5.74, 6) is -1.11. The molecule has 2 atom stereocenters. The van der Waals surface area contributed by atoms with E-state index >= 15 is 4.39 Å². The molecule has 65 heavy (non-hydrogen) atoms. The fraction of sp³-hybridized carbons (Fsp3) is 0.413. The number of hydrogen-bond acceptors (Lipinski definition) is 13. The fourth-order valence-electron chi connectivity index (χ4n) is 10.8. The number of fused-ring (bicyclic) bond motifs is 2. The summed E-state index contributed by atoms with van der Waals surface area (Å²) in [6.07, 6.45) is 8.29. The molecule has 11 rings (SSSR count). The highest BCUT2D eigenvalue weighted by molar-refractivity contribution is 6.30. The Morgan fingerprint density at radius 3 is 2.35 bits per heavy atom. The summed E-state index contributed by atoms with van der Waals surface area (Å²) in [4.78, 5) is 75.5. The number of hydrogen-bond donors (Lipinski definition) is 4. The Kier molecular flexibility index (Phi) is 10.2. The maximum absolute atomic E-state index is 15.9. The topological polar surface area (TPSA) is 198 Å². The molecule has 6 aliphatic rings. The number of anilines is 4. The Hall–Kier alpha value is -6.21. The highest BCUT2D eigenvalue weighted by Crippen LogP contribution is 2.44. The first-order chi connectivity index (χ1) is 31.4. The highest BCUT2D eigenvalue weighted by Gasteiger charge is 2.49. The van der Waals surface area contributed by atoms with Gasteiger partial charge in [-0.25, -0.2) is 19.3 Å². The monoisotopic (exact) mass is 902 g/mol. The molecule has 2 aromatic carbocycles. The third-order valence-electron chi connectivity index (χ3n) is 14.5. The molecule has 5 saturated heterocycles. The van der Waals surface area contributed by atoms with Crippen molar-refractivity contribution < 1.29 is 28.7 Å². The second-order valence-corrected chi connectivity index (χ2v) is 18.8. The number of carbonyl (C=O) groups is 4. The number of pyridine rings is 1. The Morgan fingerprint density at radius 2 is 1.62 bits per heavy atom. The third-order valence-corrected chi connectivity index (χ3v) is 14.8. The number of aliphatic hydroxyl groups excluding tert-OH is 1. The Morgan fingerprint density at radius 1 is 0.862 bits per heavy atom. The predicted octanol–water partition coefficient (Wildman–Crippen LogP) is 3.87. The maximum Gasteiger partial charge on any atom is 0.262 e. The van der Waals surface area contributed by atoms with Gasteiger partial charge in [-0.1, -0.05) is 11.6 Å². The number of carbonyl (C=O) groups excluding carboxylic acids is 4. The van der Waals surface area contributed by atoms with Crippen LogP contribution in [0.15, 0.2) is 67.1 Å². The molecular weight excluding hydrogens is 855 g/mol. The molecule has 3 aromatic heterocycles. The Bertz CT molecular complexity index is 2760. The van der Waals surface area contributed by atoms with Crippen molar-refractivity contribution in [1.82, 2.24) is 39.4 Å². The van der Waals surface area contributed by atoms with Crippen LogP contribution in [0.25, 0.3) is 16.8 Å². The Labute approximate surface area is 378 Å². The van der Waals surface area contributed by atoms with Gasteiger partial charge in [0.25, 0.3) is 17.7 Å². The number of nitrogens with two attached hydrogens (primary N) is 1. The molecule has 19 heteroatoms. The summed E-state index contributed by atoms with van der Waals surface area (Å²) < 4.78 is 17.8. The molecule has 17 nitrogen and oxygen atoms in total. The molecule has 0 bridgehead atoms. The number of aromatic nitrogens is 4. The minimum atomic E-state index is -1.28.